The van der Waals surface area contributed by atoms with Gasteiger partial charge in [0.25, 0.3) is 0 Å². The minimum Gasteiger partial charge on any atom is -0.355 e. The Morgan fingerprint density at radius 3 is 2.52 bits per heavy atom. The Hall–Kier alpha value is -2.18. The molecule has 7 nitrogen and oxygen atoms in total. The number of fused-ring (bicyclic) bond motifs is 3. The zero-order valence-electron chi connectivity index (χ0n) is 15.9. The molecule has 1 amide bonds. The van der Waals surface area contributed by atoms with Crippen molar-refractivity contribution < 1.29 is 4.79 Å². The summed E-state index contributed by atoms with van der Waals surface area (Å²) in [5.74, 6) is 2.65. The molecule has 5 rings (SSSR count). The molecular formula is C20H28N6O. The van der Waals surface area contributed by atoms with E-state index in [1.807, 2.05) is 0 Å². The summed E-state index contributed by atoms with van der Waals surface area (Å²) in [7, 11) is 0. The third kappa shape index (κ3) is 3.07. The van der Waals surface area contributed by atoms with Gasteiger partial charge < -0.3 is 14.4 Å². The molecular weight excluding hydrogens is 340 g/mol. The van der Waals surface area contributed by atoms with Crippen LogP contribution in [-0.4, -0.2) is 56.5 Å². The van der Waals surface area contributed by atoms with E-state index in [0.717, 1.165) is 87.6 Å². The third-order valence-corrected chi connectivity index (χ3v) is 6.44. The third-order valence-electron chi connectivity index (χ3n) is 6.44. The Morgan fingerprint density at radius 1 is 0.926 bits per heavy atom. The molecule has 0 spiro atoms. The van der Waals surface area contributed by atoms with Gasteiger partial charge in [0.15, 0.2) is 17.0 Å². The summed E-state index contributed by atoms with van der Waals surface area (Å²) < 4.78 is 2.29. The summed E-state index contributed by atoms with van der Waals surface area (Å²) in [4.78, 5) is 31.1. The maximum absolute atomic E-state index is 12.7. The van der Waals surface area contributed by atoms with Gasteiger partial charge in [-0.05, 0) is 38.5 Å². The van der Waals surface area contributed by atoms with E-state index in [-0.39, 0.29) is 5.92 Å². The van der Waals surface area contributed by atoms with Gasteiger partial charge in [0.1, 0.15) is 12.2 Å². The van der Waals surface area contributed by atoms with Crippen molar-refractivity contribution in [1.29, 1.82) is 0 Å². The molecule has 0 N–H and O–H groups in total. The van der Waals surface area contributed by atoms with Crippen LogP contribution in [-0.2, 0) is 17.8 Å². The molecule has 0 unspecified atom stereocenters. The van der Waals surface area contributed by atoms with Gasteiger partial charge in [-0.25, -0.2) is 15.0 Å². The van der Waals surface area contributed by atoms with Crippen LogP contribution in [0.15, 0.2) is 6.33 Å². The molecule has 2 aromatic heterocycles. The Labute approximate surface area is 159 Å². The summed E-state index contributed by atoms with van der Waals surface area (Å²) in [6.45, 7) is 4.66. The average molecular weight is 368 g/mol. The standard InChI is InChI=1S/C20H28N6O/c27-20(25-9-4-5-10-25)15-7-12-24(13-8-15)18-17-19(22-14-21-18)26-11-3-1-2-6-16(26)23-17/h14-15H,1-13H2. The fourth-order valence-electron chi connectivity index (χ4n) is 4.89. The van der Waals surface area contributed by atoms with Gasteiger partial charge in [-0.3, -0.25) is 4.79 Å². The second kappa shape index (κ2) is 7.09. The number of rotatable bonds is 2. The Morgan fingerprint density at radius 2 is 1.70 bits per heavy atom. The molecule has 0 atom stereocenters. The van der Waals surface area contributed by atoms with Gasteiger partial charge in [-0.15, -0.1) is 0 Å². The Balaban J connectivity index is 1.35. The zero-order valence-corrected chi connectivity index (χ0v) is 15.9. The van der Waals surface area contributed by atoms with Gasteiger partial charge in [0.05, 0.1) is 0 Å². The second-order valence-corrected chi connectivity index (χ2v) is 8.15. The minimum atomic E-state index is 0.176. The van der Waals surface area contributed by atoms with E-state index in [9.17, 15) is 4.79 Å². The maximum atomic E-state index is 12.7. The van der Waals surface area contributed by atoms with Crippen molar-refractivity contribution >= 4 is 22.9 Å². The van der Waals surface area contributed by atoms with E-state index < -0.39 is 0 Å². The van der Waals surface area contributed by atoms with Gasteiger partial charge in [0, 0.05) is 45.1 Å². The molecule has 5 heterocycles. The summed E-state index contributed by atoms with van der Waals surface area (Å²) in [5.41, 5.74) is 1.92. The lowest BCUT2D eigenvalue weighted by Crippen LogP contribution is -2.42. The number of imidazole rings is 1. The fraction of sp³-hybridized carbons (Fsp3) is 0.700. The predicted molar refractivity (Wildman–Crippen MR) is 104 cm³/mol. The van der Waals surface area contributed by atoms with Crippen molar-refractivity contribution in [3.8, 4) is 0 Å². The quantitative estimate of drug-likeness (QED) is 0.814. The fourth-order valence-corrected chi connectivity index (χ4v) is 4.89. The Kier molecular flexibility index (Phi) is 4.45. The summed E-state index contributed by atoms with van der Waals surface area (Å²) in [6, 6.07) is 0. The van der Waals surface area contributed by atoms with Crippen molar-refractivity contribution in [2.24, 2.45) is 5.92 Å². The van der Waals surface area contributed by atoms with Crippen LogP contribution < -0.4 is 4.90 Å². The maximum Gasteiger partial charge on any atom is 0.225 e. The smallest absolute Gasteiger partial charge is 0.225 e. The first kappa shape index (κ1) is 17.0. The number of carbonyl (C=O) groups is 1. The van der Waals surface area contributed by atoms with E-state index in [0.29, 0.717) is 5.91 Å². The number of amides is 1. The molecule has 2 aromatic rings. The van der Waals surface area contributed by atoms with Crippen molar-refractivity contribution in [3.05, 3.63) is 12.2 Å². The number of piperidine rings is 1. The minimum absolute atomic E-state index is 0.176. The van der Waals surface area contributed by atoms with Crippen molar-refractivity contribution in [1.82, 2.24) is 24.4 Å². The molecule has 0 radical (unpaired) electrons. The molecule has 3 aliphatic heterocycles. The number of aryl methyl sites for hydroxylation is 2. The molecule has 2 fully saturated rings. The summed E-state index contributed by atoms with van der Waals surface area (Å²) in [6.07, 6.45) is 10.5. The van der Waals surface area contributed by atoms with Crippen LogP contribution in [0.3, 0.4) is 0 Å². The highest BCUT2D eigenvalue weighted by Gasteiger charge is 2.31. The number of anilines is 1. The number of nitrogens with zero attached hydrogens (tertiary/aromatic N) is 6. The van der Waals surface area contributed by atoms with Crippen molar-refractivity contribution in [2.75, 3.05) is 31.1 Å². The largest absolute Gasteiger partial charge is 0.355 e. The van der Waals surface area contributed by atoms with E-state index in [1.165, 1.54) is 19.3 Å². The second-order valence-electron chi connectivity index (χ2n) is 8.15. The van der Waals surface area contributed by atoms with E-state index in [2.05, 4.69) is 24.3 Å². The predicted octanol–water partition coefficient (Wildman–Crippen LogP) is 2.39. The first-order valence-electron chi connectivity index (χ1n) is 10.5. The first-order chi connectivity index (χ1) is 13.3. The molecule has 3 aliphatic rings. The molecule has 0 aliphatic carbocycles. The van der Waals surface area contributed by atoms with Gasteiger partial charge in [-0.1, -0.05) is 6.42 Å². The average Bonchev–Trinajstić information content (AvgIpc) is 3.30. The van der Waals surface area contributed by atoms with Crippen LogP contribution in [0.1, 0.15) is 50.8 Å². The number of hydrogen-bond donors (Lipinski definition) is 0. The lowest BCUT2D eigenvalue weighted by atomic mass is 9.95. The van der Waals surface area contributed by atoms with E-state index >= 15 is 0 Å². The van der Waals surface area contributed by atoms with Gasteiger partial charge >= 0.3 is 0 Å². The highest BCUT2D eigenvalue weighted by molar-refractivity contribution is 5.84. The number of hydrogen-bond acceptors (Lipinski definition) is 5. The molecule has 0 aromatic carbocycles. The number of aromatic nitrogens is 4. The SMILES string of the molecule is O=C(C1CCN(c2ncnc3c2nc2n3CCCCC2)CC1)N1CCCC1. The first-order valence-corrected chi connectivity index (χ1v) is 10.5. The molecule has 0 saturated carbocycles. The monoisotopic (exact) mass is 368 g/mol. The zero-order chi connectivity index (χ0) is 18.2. The van der Waals surface area contributed by atoms with Gasteiger partial charge in [-0.2, -0.15) is 0 Å². The normalized spacial score (nSPS) is 21.5. The molecule has 144 valence electrons. The molecule has 0 bridgehead atoms. The van der Waals surface area contributed by atoms with Crippen molar-refractivity contribution in [3.63, 3.8) is 0 Å². The highest BCUT2D eigenvalue weighted by atomic mass is 16.2. The van der Waals surface area contributed by atoms with Crippen LogP contribution in [0.25, 0.3) is 11.2 Å². The topological polar surface area (TPSA) is 67.2 Å². The van der Waals surface area contributed by atoms with Crippen LogP contribution >= 0.6 is 0 Å². The summed E-state index contributed by atoms with van der Waals surface area (Å²) in [5, 5.41) is 0. The van der Waals surface area contributed by atoms with Crippen LogP contribution in [0.5, 0.6) is 0 Å². The molecule has 7 heteroatoms. The summed E-state index contributed by atoms with van der Waals surface area (Å²) >= 11 is 0. The van der Waals surface area contributed by atoms with Crippen LogP contribution in [0.2, 0.25) is 0 Å². The van der Waals surface area contributed by atoms with Crippen LogP contribution in [0, 0.1) is 5.92 Å². The molecule has 2 saturated heterocycles. The van der Waals surface area contributed by atoms with Gasteiger partial charge in [0.2, 0.25) is 5.91 Å². The lowest BCUT2D eigenvalue weighted by Gasteiger charge is -2.33. The number of carbonyl (C=O) groups excluding carboxylic acids is 1. The van der Waals surface area contributed by atoms with E-state index in [1.54, 1.807) is 6.33 Å². The van der Waals surface area contributed by atoms with Crippen LogP contribution in [0.4, 0.5) is 5.82 Å². The lowest BCUT2D eigenvalue weighted by molar-refractivity contribution is -0.135. The van der Waals surface area contributed by atoms with Crippen molar-refractivity contribution in [2.45, 2.75) is 57.9 Å². The molecule has 27 heavy (non-hydrogen) atoms. The van der Waals surface area contributed by atoms with E-state index in [4.69, 9.17) is 4.98 Å². The Bertz CT molecular complexity index is 832. The highest BCUT2D eigenvalue weighted by Crippen LogP contribution is 2.30. The number of likely N-dealkylation sites (tertiary alicyclic amines) is 1.